The fourth-order valence-electron chi connectivity index (χ4n) is 3.51. The highest BCUT2D eigenvalue weighted by molar-refractivity contribution is 7.90. The molecule has 39 heavy (non-hydrogen) atoms. The fraction of sp³-hybridized carbons (Fsp3) is 0.320. The Hall–Kier alpha value is -3.78. The van der Waals surface area contributed by atoms with Crippen LogP contribution in [0, 0.1) is 5.82 Å². The minimum atomic E-state index is -5.02. The Morgan fingerprint density at radius 2 is 1.74 bits per heavy atom. The predicted molar refractivity (Wildman–Crippen MR) is 133 cm³/mol. The molecule has 3 rings (SSSR count). The number of benzene rings is 2. The van der Waals surface area contributed by atoms with Gasteiger partial charge in [0.1, 0.15) is 11.4 Å². The molecule has 0 amide bonds. The first kappa shape index (κ1) is 29.8. The minimum absolute atomic E-state index is 0.0180. The van der Waals surface area contributed by atoms with E-state index in [0.717, 1.165) is 18.5 Å². The molecule has 2 aromatic carbocycles. The summed E-state index contributed by atoms with van der Waals surface area (Å²) in [6.45, 7) is 2.67. The number of rotatable bonds is 9. The topological polar surface area (TPSA) is 131 Å². The van der Waals surface area contributed by atoms with Crippen molar-refractivity contribution < 1.29 is 40.2 Å². The smallest absolute Gasteiger partial charge is 0.419 e. The lowest BCUT2D eigenvalue weighted by Gasteiger charge is -2.25. The van der Waals surface area contributed by atoms with Gasteiger partial charge in [-0.1, -0.05) is 12.1 Å². The summed E-state index contributed by atoms with van der Waals surface area (Å²) in [5.41, 5.74) is 1.78. The van der Waals surface area contributed by atoms with E-state index in [9.17, 15) is 35.6 Å². The number of ether oxygens (including phenoxy) is 2. The van der Waals surface area contributed by atoms with E-state index in [1.165, 1.54) is 24.3 Å². The van der Waals surface area contributed by atoms with Crippen molar-refractivity contribution in [3.63, 3.8) is 0 Å². The van der Waals surface area contributed by atoms with Crippen LogP contribution in [-0.4, -0.2) is 49.2 Å². The molecular formula is C25H25F4N3O6S. The third-order valence-corrected chi connectivity index (χ3v) is 6.66. The Morgan fingerprint density at radius 3 is 2.31 bits per heavy atom. The Bertz CT molecular complexity index is 1530. The van der Waals surface area contributed by atoms with Crippen LogP contribution in [0.2, 0.25) is 0 Å². The number of nitrogens with two attached hydrogens (primary N) is 1. The lowest BCUT2D eigenvalue weighted by atomic mass is 10.1. The number of carbonyl (C=O) groups excluding carboxylic acids is 1. The van der Waals surface area contributed by atoms with Gasteiger partial charge in [0.25, 0.3) is 0 Å². The molecule has 14 heteroatoms. The summed E-state index contributed by atoms with van der Waals surface area (Å²) in [5, 5.41) is 3.95. The highest BCUT2D eigenvalue weighted by atomic mass is 32.2. The van der Waals surface area contributed by atoms with Crippen LogP contribution in [0.4, 0.5) is 17.6 Å². The van der Waals surface area contributed by atoms with Crippen molar-refractivity contribution in [1.29, 1.82) is 0 Å². The summed E-state index contributed by atoms with van der Waals surface area (Å²) in [6, 6.07) is 7.42. The molecule has 1 aromatic heterocycles. The third kappa shape index (κ3) is 7.20. The molecule has 0 aliphatic rings. The summed E-state index contributed by atoms with van der Waals surface area (Å²) >= 11 is 0. The number of hydrogen-bond acceptors (Lipinski definition) is 8. The Labute approximate surface area is 221 Å². The van der Waals surface area contributed by atoms with E-state index >= 15 is 0 Å². The number of sulfone groups is 1. The van der Waals surface area contributed by atoms with Gasteiger partial charge < -0.3 is 15.2 Å². The zero-order valence-corrected chi connectivity index (χ0v) is 21.9. The molecule has 0 radical (unpaired) electrons. The third-order valence-electron chi connectivity index (χ3n) is 5.53. The van der Waals surface area contributed by atoms with Gasteiger partial charge in [-0.05, 0) is 49.7 Å². The lowest BCUT2D eigenvalue weighted by Crippen LogP contribution is -2.33. The van der Waals surface area contributed by atoms with Crippen LogP contribution in [0.15, 0.2) is 58.4 Å². The number of aromatic nitrogens is 2. The van der Waals surface area contributed by atoms with Crippen LogP contribution in [-0.2, 0) is 25.5 Å². The SMILES string of the molecule is CC(C)(CCOc1c(-c2ccc(S(C)(=O)=O)cc2)cnn(-c2ccc(F)c(C(F)(F)F)c2)c1=O)OC(=O)CN. The van der Waals surface area contributed by atoms with Gasteiger partial charge in [0.15, 0.2) is 15.6 Å². The van der Waals surface area contributed by atoms with Gasteiger partial charge in [0.05, 0.1) is 35.5 Å². The molecule has 0 atom stereocenters. The maximum absolute atomic E-state index is 13.8. The van der Waals surface area contributed by atoms with Crippen molar-refractivity contribution in [2.75, 3.05) is 19.4 Å². The van der Waals surface area contributed by atoms with Gasteiger partial charge in [-0.25, -0.2) is 12.8 Å². The van der Waals surface area contributed by atoms with E-state index in [1.54, 1.807) is 13.8 Å². The average Bonchev–Trinajstić information content (AvgIpc) is 2.84. The molecule has 0 fully saturated rings. The Kier molecular flexibility index (Phi) is 8.50. The highest BCUT2D eigenvalue weighted by Gasteiger charge is 2.34. The van der Waals surface area contributed by atoms with Gasteiger partial charge in [-0.15, -0.1) is 0 Å². The number of hydrogen-bond donors (Lipinski definition) is 1. The number of carbonyl (C=O) groups is 1. The number of halogens is 4. The minimum Gasteiger partial charge on any atom is -0.487 e. The monoisotopic (exact) mass is 571 g/mol. The first-order chi connectivity index (χ1) is 18.0. The van der Waals surface area contributed by atoms with Crippen LogP contribution >= 0.6 is 0 Å². The van der Waals surface area contributed by atoms with Crippen molar-refractivity contribution in [3.05, 3.63) is 70.4 Å². The second-order valence-corrected chi connectivity index (χ2v) is 11.1. The molecule has 0 bridgehead atoms. The maximum Gasteiger partial charge on any atom is 0.419 e. The van der Waals surface area contributed by atoms with E-state index in [-0.39, 0.29) is 41.5 Å². The average molecular weight is 572 g/mol. The van der Waals surface area contributed by atoms with Crippen LogP contribution in [0.3, 0.4) is 0 Å². The Balaban J connectivity index is 2.08. The first-order valence-electron chi connectivity index (χ1n) is 11.4. The molecule has 0 unspecified atom stereocenters. The Morgan fingerprint density at radius 1 is 1.10 bits per heavy atom. The fourth-order valence-corrected chi connectivity index (χ4v) is 4.14. The zero-order valence-electron chi connectivity index (χ0n) is 21.1. The van der Waals surface area contributed by atoms with Crippen molar-refractivity contribution >= 4 is 15.8 Å². The van der Waals surface area contributed by atoms with E-state index in [2.05, 4.69) is 5.10 Å². The van der Waals surface area contributed by atoms with Crippen molar-refractivity contribution in [2.45, 2.75) is 36.9 Å². The summed E-state index contributed by atoms with van der Waals surface area (Å²) < 4.78 is 88.8. The first-order valence-corrected chi connectivity index (χ1v) is 13.3. The molecule has 1 heterocycles. The van der Waals surface area contributed by atoms with Gasteiger partial charge in [0, 0.05) is 18.2 Å². The van der Waals surface area contributed by atoms with Crippen LogP contribution in [0.25, 0.3) is 16.8 Å². The van der Waals surface area contributed by atoms with Crippen LogP contribution in [0.1, 0.15) is 25.8 Å². The number of alkyl halides is 3. The zero-order chi connectivity index (χ0) is 29.2. The van der Waals surface area contributed by atoms with Crippen molar-refractivity contribution in [3.8, 4) is 22.6 Å². The van der Waals surface area contributed by atoms with E-state index < -0.39 is 44.5 Å². The molecule has 0 aliphatic carbocycles. The second-order valence-electron chi connectivity index (χ2n) is 9.10. The van der Waals surface area contributed by atoms with E-state index in [4.69, 9.17) is 15.2 Å². The molecule has 0 saturated heterocycles. The van der Waals surface area contributed by atoms with Gasteiger partial charge >= 0.3 is 17.7 Å². The number of esters is 1. The summed E-state index contributed by atoms with van der Waals surface area (Å²) in [6.07, 6.45) is -2.74. The van der Waals surface area contributed by atoms with Gasteiger partial charge in [-0.2, -0.15) is 23.0 Å². The lowest BCUT2D eigenvalue weighted by molar-refractivity contribution is -0.155. The quantitative estimate of drug-likeness (QED) is 0.305. The van der Waals surface area contributed by atoms with Crippen LogP contribution < -0.4 is 16.0 Å². The molecule has 210 valence electrons. The van der Waals surface area contributed by atoms with Gasteiger partial charge in [0.2, 0.25) is 0 Å². The molecule has 2 N–H and O–H groups in total. The largest absolute Gasteiger partial charge is 0.487 e. The van der Waals surface area contributed by atoms with Crippen molar-refractivity contribution in [1.82, 2.24) is 9.78 Å². The van der Waals surface area contributed by atoms with E-state index in [0.29, 0.717) is 22.4 Å². The second kappa shape index (κ2) is 11.1. The molecule has 3 aromatic rings. The van der Waals surface area contributed by atoms with Crippen LogP contribution in [0.5, 0.6) is 5.75 Å². The standard InChI is InChI=1S/C25H25F4N3O6S/c1-24(2,38-21(33)13-30)10-11-37-22-18(15-4-7-17(8-5-15)39(3,35)36)14-31-32(23(22)34)16-6-9-20(26)19(12-16)25(27,28)29/h4-9,12,14H,10-11,13,30H2,1-3H3. The summed E-state index contributed by atoms with van der Waals surface area (Å²) in [5.74, 6) is -2.50. The number of nitrogens with zero attached hydrogens (tertiary/aromatic N) is 2. The van der Waals surface area contributed by atoms with E-state index in [1.807, 2.05) is 0 Å². The van der Waals surface area contributed by atoms with Crippen molar-refractivity contribution in [2.24, 2.45) is 5.73 Å². The molecule has 0 spiro atoms. The molecular weight excluding hydrogens is 546 g/mol. The molecule has 9 nitrogen and oxygen atoms in total. The summed E-state index contributed by atoms with van der Waals surface area (Å²) in [4.78, 5) is 25.0. The highest BCUT2D eigenvalue weighted by Crippen LogP contribution is 2.33. The predicted octanol–water partition coefficient (Wildman–Crippen LogP) is 3.51. The van der Waals surface area contributed by atoms with Gasteiger partial charge in [-0.3, -0.25) is 9.59 Å². The molecule has 0 saturated carbocycles. The maximum atomic E-state index is 13.8. The molecule has 0 aliphatic heterocycles. The normalized spacial score (nSPS) is 12.3. The summed E-state index contributed by atoms with van der Waals surface area (Å²) in [7, 11) is -3.51.